The molecular formula is C22H18IN3O2S. The fourth-order valence-electron chi connectivity index (χ4n) is 2.62. The van der Waals surface area contributed by atoms with E-state index in [1.54, 1.807) is 42.5 Å². The first kappa shape index (κ1) is 20.9. The van der Waals surface area contributed by atoms with Crippen LogP contribution in [0, 0.1) is 3.57 Å². The third kappa shape index (κ3) is 6.10. The number of anilines is 1. The van der Waals surface area contributed by atoms with Crippen LogP contribution in [0.15, 0.2) is 78.9 Å². The lowest BCUT2D eigenvalue weighted by Gasteiger charge is -2.14. The molecule has 0 spiro atoms. The molecular weight excluding hydrogens is 497 g/mol. The highest BCUT2D eigenvalue weighted by Crippen LogP contribution is 2.15. The molecule has 0 radical (unpaired) electrons. The maximum absolute atomic E-state index is 12.6. The van der Waals surface area contributed by atoms with E-state index in [9.17, 15) is 9.59 Å². The molecule has 0 aliphatic heterocycles. The number of rotatable bonds is 5. The summed E-state index contributed by atoms with van der Waals surface area (Å²) < 4.78 is 0.953. The van der Waals surface area contributed by atoms with Crippen LogP contribution in [0.4, 0.5) is 5.69 Å². The number of carbonyl (C=O) groups excluding carboxylic acids is 2. The van der Waals surface area contributed by atoms with Crippen LogP contribution in [-0.4, -0.2) is 16.9 Å². The van der Waals surface area contributed by atoms with Crippen molar-refractivity contribution in [3.8, 4) is 0 Å². The van der Waals surface area contributed by atoms with E-state index in [2.05, 4.69) is 38.5 Å². The van der Waals surface area contributed by atoms with E-state index in [1.165, 1.54) is 0 Å². The molecule has 0 aliphatic rings. The summed E-state index contributed by atoms with van der Waals surface area (Å²) in [7, 11) is 0. The molecule has 146 valence electrons. The average molecular weight is 515 g/mol. The Hall–Kier alpha value is -2.78. The van der Waals surface area contributed by atoms with Crippen LogP contribution in [0.25, 0.3) is 0 Å². The maximum atomic E-state index is 12.6. The lowest BCUT2D eigenvalue weighted by atomic mass is 10.1. The van der Waals surface area contributed by atoms with E-state index < -0.39 is 0 Å². The first-order chi connectivity index (χ1) is 14.0. The summed E-state index contributed by atoms with van der Waals surface area (Å²) in [5.41, 5.74) is 2.47. The molecule has 2 amide bonds. The van der Waals surface area contributed by atoms with Crippen LogP contribution in [0.3, 0.4) is 0 Å². The van der Waals surface area contributed by atoms with Crippen molar-refractivity contribution < 1.29 is 9.59 Å². The molecule has 0 unspecified atom stereocenters. The summed E-state index contributed by atoms with van der Waals surface area (Å²) in [6.45, 7) is 0.418. The molecule has 0 bridgehead atoms. The van der Waals surface area contributed by atoms with Crippen molar-refractivity contribution in [2.75, 3.05) is 5.32 Å². The van der Waals surface area contributed by atoms with Crippen LogP contribution in [-0.2, 0) is 6.54 Å². The van der Waals surface area contributed by atoms with Gasteiger partial charge in [-0.05, 0) is 70.7 Å². The largest absolute Gasteiger partial charge is 0.348 e. The van der Waals surface area contributed by atoms with Crippen molar-refractivity contribution in [2.24, 2.45) is 0 Å². The summed E-state index contributed by atoms with van der Waals surface area (Å²) >= 11 is 7.40. The Morgan fingerprint density at radius 1 is 0.862 bits per heavy atom. The lowest BCUT2D eigenvalue weighted by molar-refractivity contribution is 0.0950. The van der Waals surface area contributed by atoms with Crippen molar-refractivity contribution >= 4 is 57.4 Å². The van der Waals surface area contributed by atoms with Gasteiger partial charge in [0.05, 0.1) is 11.3 Å². The molecule has 0 fully saturated rings. The maximum Gasteiger partial charge on any atom is 0.257 e. The van der Waals surface area contributed by atoms with Crippen LogP contribution >= 0.6 is 34.8 Å². The topological polar surface area (TPSA) is 70.2 Å². The highest BCUT2D eigenvalue weighted by molar-refractivity contribution is 14.1. The SMILES string of the molecule is O=C(NC(=S)Nc1ccccc1C(=O)NCc1ccccc1)c1cccc(I)c1. The quantitative estimate of drug-likeness (QED) is 0.349. The highest BCUT2D eigenvalue weighted by Gasteiger charge is 2.13. The van der Waals surface area contributed by atoms with Crippen LogP contribution < -0.4 is 16.0 Å². The zero-order valence-corrected chi connectivity index (χ0v) is 18.3. The van der Waals surface area contributed by atoms with E-state index in [-0.39, 0.29) is 16.9 Å². The van der Waals surface area contributed by atoms with Crippen molar-refractivity contribution in [3.63, 3.8) is 0 Å². The number of thiocarbonyl (C=S) groups is 1. The van der Waals surface area contributed by atoms with E-state index in [1.807, 2.05) is 36.4 Å². The van der Waals surface area contributed by atoms with Crippen molar-refractivity contribution in [1.29, 1.82) is 0 Å². The normalized spacial score (nSPS) is 10.1. The molecule has 3 rings (SSSR count). The monoisotopic (exact) mass is 515 g/mol. The minimum Gasteiger partial charge on any atom is -0.348 e. The van der Waals surface area contributed by atoms with E-state index >= 15 is 0 Å². The number of hydrogen-bond donors (Lipinski definition) is 3. The van der Waals surface area contributed by atoms with Gasteiger partial charge in [0.2, 0.25) is 0 Å². The zero-order valence-electron chi connectivity index (χ0n) is 15.3. The molecule has 0 saturated heterocycles. The van der Waals surface area contributed by atoms with Crippen LogP contribution in [0.5, 0.6) is 0 Å². The Bertz CT molecular complexity index is 1040. The Labute approximate surface area is 188 Å². The second-order valence-electron chi connectivity index (χ2n) is 6.13. The van der Waals surface area contributed by atoms with Crippen molar-refractivity contribution in [1.82, 2.24) is 10.6 Å². The Balaban J connectivity index is 1.64. The Morgan fingerprint density at radius 3 is 2.34 bits per heavy atom. The number of hydrogen-bond acceptors (Lipinski definition) is 3. The number of amides is 2. The molecule has 3 N–H and O–H groups in total. The van der Waals surface area contributed by atoms with Gasteiger partial charge in [-0.15, -0.1) is 0 Å². The average Bonchev–Trinajstić information content (AvgIpc) is 2.73. The number of nitrogens with one attached hydrogen (secondary N) is 3. The standard InChI is InChI=1S/C22H18IN3O2S/c23-17-10-6-9-16(13-17)20(27)26-22(29)25-19-12-5-4-11-18(19)21(28)24-14-15-7-2-1-3-8-15/h1-13H,14H2,(H,24,28)(H2,25,26,27,29). The number of benzene rings is 3. The molecule has 0 aliphatic carbocycles. The van der Waals surface area contributed by atoms with Gasteiger partial charge >= 0.3 is 0 Å². The molecule has 0 aromatic heterocycles. The fourth-order valence-corrected chi connectivity index (χ4v) is 3.37. The first-order valence-electron chi connectivity index (χ1n) is 8.82. The molecule has 3 aromatic rings. The summed E-state index contributed by atoms with van der Waals surface area (Å²) in [6.07, 6.45) is 0. The molecule has 0 atom stereocenters. The summed E-state index contributed by atoms with van der Waals surface area (Å²) in [4.78, 5) is 25.0. The van der Waals surface area contributed by atoms with E-state index in [4.69, 9.17) is 12.2 Å². The Kier molecular flexibility index (Phi) is 7.31. The third-order valence-corrected chi connectivity index (χ3v) is 4.90. The molecule has 29 heavy (non-hydrogen) atoms. The summed E-state index contributed by atoms with van der Waals surface area (Å²) in [6, 6.07) is 23.9. The lowest BCUT2D eigenvalue weighted by Crippen LogP contribution is -2.35. The number of carbonyl (C=O) groups is 2. The van der Waals surface area contributed by atoms with Crippen LogP contribution in [0.2, 0.25) is 0 Å². The smallest absolute Gasteiger partial charge is 0.257 e. The second kappa shape index (κ2) is 10.1. The van der Waals surface area contributed by atoms with Gasteiger partial charge in [0.15, 0.2) is 5.11 Å². The zero-order chi connectivity index (χ0) is 20.6. The van der Waals surface area contributed by atoms with Gasteiger partial charge in [-0.1, -0.05) is 48.5 Å². The van der Waals surface area contributed by atoms with Gasteiger partial charge in [-0.25, -0.2) is 0 Å². The molecule has 0 saturated carbocycles. The van der Waals surface area contributed by atoms with Crippen molar-refractivity contribution in [2.45, 2.75) is 6.54 Å². The third-order valence-electron chi connectivity index (χ3n) is 4.03. The van der Waals surface area contributed by atoms with Crippen molar-refractivity contribution in [3.05, 3.63) is 99.1 Å². The summed E-state index contributed by atoms with van der Waals surface area (Å²) in [5.74, 6) is -0.546. The predicted molar refractivity (Wildman–Crippen MR) is 127 cm³/mol. The second-order valence-corrected chi connectivity index (χ2v) is 7.79. The van der Waals surface area contributed by atoms with Gasteiger partial charge in [0, 0.05) is 15.7 Å². The predicted octanol–water partition coefficient (Wildman–Crippen LogP) is 4.35. The van der Waals surface area contributed by atoms with Gasteiger partial charge in [-0.3, -0.25) is 14.9 Å². The number of para-hydroxylation sites is 1. The first-order valence-corrected chi connectivity index (χ1v) is 10.3. The number of halogens is 1. The highest BCUT2D eigenvalue weighted by atomic mass is 127. The van der Waals surface area contributed by atoms with Crippen LogP contribution in [0.1, 0.15) is 26.3 Å². The van der Waals surface area contributed by atoms with Gasteiger partial charge in [-0.2, -0.15) is 0 Å². The molecule has 3 aromatic carbocycles. The Morgan fingerprint density at radius 2 is 1.59 bits per heavy atom. The summed E-state index contributed by atoms with van der Waals surface area (Å²) in [5, 5.41) is 8.60. The van der Waals surface area contributed by atoms with Gasteiger partial charge in [0.25, 0.3) is 11.8 Å². The molecule has 0 heterocycles. The van der Waals surface area contributed by atoms with Gasteiger partial charge in [0.1, 0.15) is 0 Å². The molecule has 7 heteroatoms. The molecule has 5 nitrogen and oxygen atoms in total. The minimum absolute atomic E-state index is 0.122. The van der Waals surface area contributed by atoms with Gasteiger partial charge < -0.3 is 10.6 Å². The minimum atomic E-state index is -0.313. The van der Waals surface area contributed by atoms with E-state index in [0.717, 1.165) is 9.13 Å². The van der Waals surface area contributed by atoms with E-state index in [0.29, 0.717) is 23.4 Å². The fraction of sp³-hybridized carbons (Fsp3) is 0.0455.